The molecule has 0 spiro atoms. The Morgan fingerprint density at radius 1 is 0.674 bits per heavy atom. The third-order valence-corrected chi connectivity index (χ3v) is 7.87. The molecule has 0 rings (SSSR count). The van der Waals surface area contributed by atoms with Crippen LogP contribution in [0, 0.1) is 0 Å². The van der Waals surface area contributed by atoms with Crippen LogP contribution >= 0.6 is 7.82 Å². The molecule has 0 bridgehead atoms. The summed E-state index contributed by atoms with van der Waals surface area (Å²) in [6.45, 7) is 2.23. The van der Waals surface area contributed by atoms with E-state index in [-0.39, 0.29) is 19.4 Å². The number of ether oxygens (including phenoxy) is 2. The second kappa shape index (κ2) is 29.4. The van der Waals surface area contributed by atoms with E-state index >= 15 is 0 Å². The second-order valence-corrected chi connectivity index (χ2v) is 12.6. The summed E-state index contributed by atoms with van der Waals surface area (Å²) >= 11 is 0. The fourth-order valence-electron chi connectivity index (χ4n) is 4.28. The van der Waals surface area contributed by atoms with E-state index in [4.69, 9.17) is 19.1 Å². The van der Waals surface area contributed by atoms with Crippen molar-refractivity contribution in [2.45, 2.75) is 154 Å². The van der Waals surface area contributed by atoms with Gasteiger partial charge in [0.2, 0.25) is 0 Å². The zero-order chi connectivity index (χ0) is 32.0. The standard InChI is InChI=1S/C32H61O10P/c1-3-5-7-9-10-11-12-13-14-15-16-17-18-20-22-24-32(36)42-30(27-39-31(35)23-21-19-8-6-4-2)28-41-43(37,38)40-26-29(34)25-33/h13-14,29-30,33-34H,3-12,15-28H2,1-2H3,(H,37,38)/b14-13-. The molecule has 0 heterocycles. The molecule has 0 aromatic rings. The number of esters is 2. The highest BCUT2D eigenvalue weighted by Crippen LogP contribution is 2.43. The second-order valence-electron chi connectivity index (χ2n) is 11.2. The van der Waals surface area contributed by atoms with Crippen LogP contribution in [-0.2, 0) is 32.7 Å². The Labute approximate surface area is 260 Å². The lowest BCUT2D eigenvalue weighted by atomic mass is 10.1. The molecular formula is C32H61O10P. The summed E-state index contributed by atoms with van der Waals surface area (Å²) in [6, 6.07) is 0. The number of carbonyl (C=O) groups excluding carboxylic acids is 2. The number of phosphoric ester groups is 1. The van der Waals surface area contributed by atoms with Crippen molar-refractivity contribution in [2.75, 3.05) is 26.4 Å². The van der Waals surface area contributed by atoms with E-state index in [0.29, 0.717) is 12.8 Å². The average Bonchev–Trinajstić information content (AvgIpc) is 2.99. The first kappa shape index (κ1) is 41.7. The summed E-state index contributed by atoms with van der Waals surface area (Å²) in [5.74, 6) is -0.949. The first-order valence-electron chi connectivity index (χ1n) is 16.6. The minimum absolute atomic E-state index is 0.177. The SMILES string of the molecule is CCCCCCCC/C=C\CCCCCCCC(=O)OC(COC(=O)CCCCCCC)COP(=O)(O)OCC(O)CO. The van der Waals surface area contributed by atoms with Gasteiger partial charge in [-0.05, 0) is 38.5 Å². The Balaban J connectivity index is 4.34. The smallest absolute Gasteiger partial charge is 0.462 e. The highest BCUT2D eigenvalue weighted by Gasteiger charge is 2.27. The zero-order valence-corrected chi connectivity index (χ0v) is 27.8. The van der Waals surface area contributed by atoms with Gasteiger partial charge in [-0.1, -0.05) is 103 Å². The van der Waals surface area contributed by atoms with E-state index in [1.54, 1.807) is 0 Å². The van der Waals surface area contributed by atoms with E-state index in [1.807, 2.05) is 0 Å². The summed E-state index contributed by atoms with van der Waals surface area (Å²) < 4.78 is 32.2. The fraction of sp³-hybridized carbons (Fsp3) is 0.875. The van der Waals surface area contributed by atoms with E-state index in [2.05, 4.69) is 30.5 Å². The van der Waals surface area contributed by atoms with Gasteiger partial charge >= 0.3 is 19.8 Å². The van der Waals surface area contributed by atoms with E-state index in [0.717, 1.165) is 64.2 Å². The monoisotopic (exact) mass is 636 g/mol. The van der Waals surface area contributed by atoms with Gasteiger partial charge in [-0.15, -0.1) is 0 Å². The fourth-order valence-corrected chi connectivity index (χ4v) is 5.07. The molecule has 0 aliphatic carbocycles. The molecule has 11 heteroatoms. The number of unbranched alkanes of at least 4 members (excludes halogenated alkanes) is 15. The molecule has 0 saturated heterocycles. The van der Waals surface area contributed by atoms with Gasteiger partial charge in [0, 0.05) is 12.8 Å². The van der Waals surface area contributed by atoms with Crippen molar-refractivity contribution in [1.29, 1.82) is 0 Å². The summed E-state index contributed by atoms with van der Waals surface area (Å²) in [7, 11) is -4.59. The summed E-state index contributed by atoms with van der Waals surface area (Å²) in [5, 5.41) is 18.1. The molecule has 0 saturated carbocycles. The molecule has 0 aromatic heterocycles. The van der Waals surface area contributed by atoms with Crippen molar-refractivity contribution in [3.8, 4) is 0 Å². The quantitative estimate of drug-likeness (QED) is 0.0306. The highest BCUT2D eigenvalue weighted by molar-refractivity contribution is 7.47. The van der Waals surface area contributed by atoms with Crippen LogP contribution < -0.4 is 0 Å². The van der Waals surface area contributed by atoms with Crippen LogP contribution in [0.4, 0.5) is 0 Å². The number of hydrogen-bond donors (Lipinski definition) is 3. The first-order chi connectivity index (χ1) is 20.7. The Kier molecular flexibility index (Phi) is 28.5. The van der Waals surface area contributed by atoms with Gasteiger partial charge in [-0.3, -0.25) is 18.6 Å². The van der Waals surface area contributed by atoms with Crippen LogP contribution in [0.3, 0.4) is 0 Å². The zero-order valence-electron chi connectivity index (χ0n) is 26.9. The predicted octanol–water partition coefficient (Wildman–Crippen LogP) is 7.33. The van der Waals surface area contributed by atoms with Crippen molar-refractivity contribution < 1.29 is 47.8 Å². The van der Waals surface area contributed by atoms with Gasteiger partial charge < -0.3 is 24.6 Å². The van der Waals surface area contributed by atoms with Crippen LogP contribution in [0.25, 0.3) is 0 Å². The topological polar surface area (TPSA) is 149 Å². The van der Waals surface area contributed by atoms with Crippen LogP contribution in [0.1, 0.15) is 142 Å². The third kappa shape index (κ3) is 29.2. The molecule has 0 amide bonds. The minimum Gasteiger partial charge on any atom is -0.462 e. The number of aliphatic hydroxyl groups is 2. The van der Waals surface area contributed by atoms with Crippen molar-refractivity contribution in [1.82, 2.24) is 0 Å². The van der Waals surface area contributed by atoms with Crippen molar-refractivity contribution in [3.05, 3.63) is 12.2 Å². The lowest BCUT2D eigenvalue weighted by molar-refractivity contribution is -0.161. The lowest BCUT2D eigenvalue weighted by Gasteiger charge is -2.20. The maximum Gasteiger partial charge on any atom is 0.472 e. The van der Waals surface area contributed by atoms with Gasteiger partial charge in [-0.25, -0.2) is 4.57 Å². The Bertz CT molecular complexity index is 746. The van der Waals surface area contributed by atoms with Gasteiger partial charge in [0.05, 0.1) is 19.8 Å². The molecule has 10 nitrogen and oxygen atoms in total. The van der Waals surface area contributed by atoms with Crippen LogP contribution in [-0.4, -0.2) is 65.7 Å². The predicted molar refractivity (Wildman–Crippen MR) is 168 cm³/mol. The summed E-state index contributed by atoms with van der Waals surface area (Å²) in [6.07, 6.45) is 22.3. The summed E-state index contributed by atoms with van der Waals surface area (Å²) in [4.78, 5) is 34.4. The number of carbonyl (C=O) groups is 2. The normalized spacial score (nSPS) is 14.4. The molecule has 3 N–H and O–H groups in total. The Hall–Kier alpha value is -1.29. The number of rotatable bonds is 31. The molecule has 3 unspecified atom stereocenters. The van der Waals surface area contributed by atoms with Crippen molar-refractivity contribution in [2.24, 2.45) is 0 Å². The maximum atomic E-state index is 12.4. The molecule has 3 atom stereocenters. The number of allylic oxidation sites excluding steroid dienone is 2. The largest absolute Gasteiger partial charge is 0.472 e. The van der Waals surface area contributed by atoms with Crippen molar-refractivity contribution in [3.63, 3.8) is 0 Å². The molecule has 0 aliphatic rings. The lowest BCUT2D eigenvalue weighted by Crippen LogP contribution is -2.29. The Morgan fingerprint density at radius 3 is 1.67 bits per heavy atom. The number of phosphoric acid groups is 1. The van der Waals surface area contributed by atoms with Crippen molar-refractivity contribution >= 4 is 19.8 Å². The highest BCUT2D eigenvalue weighted by atomic mass is 31.2. The van der Waals surface area contributed by atoms with Gasteiger partial charge in [0.1, 0.15) is 12.7 Å². The molecule has 0 aromatic carbocycles. The third-order valence-electron chi connectivity index (χ3n) is 6.92. The minimum atomic E-state index is -4.59. The van der Waals surface area contributed by atoms with Crippen LogP contribution in [0.5, 0.6) is 0 Å². The summed E-state index contributed by atoms with van der Waals surface area (Å²) in [5.41, 5.74) is 0. The van der Waals surface area contributed by atoms with E-state index in [9.17, 15) is 24.2 Å². The Morgan fingerprint density at radius 2 is 1.14 bits per heavy atom. The van der Waals surface area contributed by atoms with E-state index < -0.39 is 51.8 Å². The van der Waals surface area contributed by atoms with Crippen LogP contribution in [0.2, 0.25) is 0 Å². The van der Waals surface area contributed by atoms with Gasteiger partial charge in [-0.2, -0.15) is 0 Å². The first-order valence-corrected chi connectivity index (χ1v) is 18.1. The molecule has 0 fully saturated rings. The molecular weight excluding hydrogens is 575 g/mol. The van der Waals surface area contributed by atoms with E-state index in [1.165, 1.54) is 38.5 Å². The average molecular weight is 637 g/mol. The van der Waals surface area contributed by atoms with Gasteiger partial charge in [0.25, 0.3) is 0 Å². The molecule has 254 valence electrons. The number of aliphatic hydroxyl groups excluding tert-OH is 2. The molecule has 0 radical (unpaired) electrons. The maximum absolute atomic E-state index is 12.4. The van der Waals surface area contributed by atoms with Crippen LogP contribution in [0.15, 0.2) is 12.2 Å². The number of hydrogen-bond acceptors (Lipinski definition) is 9. The molecule has 0 aliphatic heterocycles. The van der Waals surface area contributed by atoms with Gasteiger partial charge in [0.15, 0.2) is 6.10 Å². The molecule has 43 heavy (non-hydrogen) atoms.